The number of morpholine rings is 1. The third kappa shape index (κ3) is 6.58. The molecule has 158 valence electrons. The molecular formula is C22H34N6O. The minimum Gasteiger partial charge on any atom is -0.379 e. The van der Waals surface area contributed by atoms with Gasteiger partial charge in [-0.2, -0.15) is 0 Å². The van der Waals surface area contributed by atoms with Crippen molar-refractivity contribution in [2.24, 2.45) is 10.9 Å². The molecule has 1 saturated heterocycles. The van der Waals surface area contributed by atoms with Gasteiger partial charge in [0, 0.05) is 39.8 Å². The average Bonchev–Trinajstić information content (AvgIpc) is 3.21. The molecule has 1 aromatic heterocycles. The number of ether oxygens (including phenoxy) is 1. The Hall–Kier alpha value is -2.38. The lowest BCUT2D eigenvalue weighted by Crippen LogP contribution is -2.41. The van der Waals surface area contributed by atoms with E-state index in [2.05, 4.69) is 58.1 Å². The summed E-state index contributed by atoms with van der Waals surface area (Å²) in [6.07, 6.45) is 1.90. The van der Waals surface area contributed by atoms with E-state index in [1.165, 1.54) is 0 Å². The Kier molecular flexibility index (Phi) is 8.07. The fourth-order valence-corrected chi connectivity index (χ4v) is 3.50. The first-order valence-corrected chi connectivity index (χ1v) is 10.5. The van der Waals surface area contributed by atoms with Crippen LogP contribution in [-0.2, 0) is 11.3 Å². The molecule has 0 amide bonds. The van der Waals surface area contributed by atoms with E-state index >= 15 is 0 Å². The molecule has 29 heavy (non-hydrogen) atoms. The highest BCUT2D eigenvalue weighted by atomic mass is 16.5. The van der Waals surface area contributed by atoms with Crippen LogP contribution < -0.4 is 5.32 Å². The van der Waals surface area contributed by atoms with Crippen LogP contribution in [0.5, 0.6) is 0 Å². The quantitative estimate of drug-likeness (QED) is 0.528. The predicted octanol–water partition coefficient (Wildman–Crippen LogP) is 2.44. The molecule has 1 unspecified atom stereocenters. The molecule has 3 rings (SSSR count). The number of nitrogens with one attached hydrogen (secondary N) is 2. The third-order valence-corrected chi connectivity index (χ3v) is 5.02. The van der Waals surface area contributed by atoms with Gasteiger partial charge in [0.2, 0.25) is 0 Å². The summed E-state index contributed by atoms with van der Waals surface area (Å²) >= 11 is 0. The van der Waals surface area contributed by atoms with Gasteiger partial charge in [0.05, 0.1) is 31.6 Å². The minimum absolute atomic E-state index is 0.503. The summed E-state index contributed by atoms with van der Waals surface area (Å²) in [5.74, 6) is 2.35. The maximum atomic E-state index is 5.43. The molecule has 0 bridgehead atoms. The van der Waals surface area contributed by atoms with Gasteiger partial charge < -0.3 is 19.9 Å². The van der Waals surface area contributed by atoms with Crippen molar-refractivity contribution in [2.45, 2.75) is 20.4 Å². The fraction of sp³-hybridized carbons (Fsp3) is 0.545. The molecule has 0 aliphatic carbocycles. The lowest BCUT2D eigenvalue weighted by molar-refractivity contribution is 0.0323. The summed E-state index contributed by atoms with van der Waals surface area (Å²) in [7, 11) is 2.05. The smallest absolute Gasteiger partial charge is 0.194 e. The first-order valence-electron chi connectivity index (χ1n) is 10.5. The number of aromatic amines is 1. The molecular weight excluding hydrogens is 364 g/mol. The van der Waals surface area contributed by atoms with E-state index in [0.717, 1.165) is 69.0 Å². The maximum Gasteiger partial charge on any atom is 0.194 e. The topological polar surface area (TPSA) is 68.8 Å². The largest absolute Gasteiger partial charge is 0.379 e. The molecule has 7 nitrogen and oxygen atoms in total. The molecule has 0 saturated carbocycles. The number of hydrogen-bond acceptors (Lipinski definition) is 4. The van der Waals surface area contributed by atoms with E-state index < -0.39 is 0 Å². The standard InChI is InChI=1S/C22H34N6O/c1-4-23-22(25-14-18(2)16-28-10-12-29-13-11-28)27(3)17-21-24-15-20(26-21)19-8-6-5-7-9-19/h5-9,15,18H,4,10-14,16-17H2,1-3H3,(H,23,25)(H,24,26). The number of rotatable bonds is 8. The molecule has 1 fully saturated rings. The maximum absolute atomic E-state index is 5.43. The number of aromatic nitrogens is 2. The van der Waals surface area contributed by atoms with Crippen LogP contribution in [0.3, 0.4) is 0 Å². The zero-order valence-corrected chi connectivity index (χ0v) is 17.9. The minimum atomic E-state index is 0.503. The molecule has 2 heterocycles. The number of hydrogen-bond donors (Lipinski definition) is 2. The van der Waals surface area contributed by atoms with Crippen molar-refractivity contribution in [3.63, 3.8) is 0 Å². The van der Waals surface area contributed by atoms with E-state index in [0.29, 0.717) is 12.5 Å². The first kappa shape index (κ1) is 21.3. The van der Waals surface area contributed by atoms with Gasteiger partial charge in [-0.3, -0.25) is 9.89 Å². The highest BCUT2D eigenvalue weighted by molar-refractivity contribution is 5.79. The van der Waals surface area contributed by atoms with Gasteiger partial charge in [0.1, 0.15) is 5.82 Å². The second-order valence-electron chi connectivity index (χ2n) is 7.68. The molecule has 0 radical (unpaired) electrons. The van der Waals surface area contributed by atoms with Crippen LogP contribution >= 0.6 is 0 Å². The van der Waals surface area contributed by atoms with Crippen LogP contribution in [-0.4, -0.2) is 78.7 Å². The number of guanidine groups is 1. The molecule has 1 aliphatic heterocycles. The van der Waals surface area contributed by atoms with Gasteiger partial charge in [-0.15, -0.1) is 0 Å². The Morgan fingerprint density at radius 2 is 2.07 bits per heavy atom. The summed E-state index contributed by atoms with van der Waals surface area (Å²) in [4.78, 5) is 17.4. The number of nitrogens with zero attached hydrogens (tertiary/aromatic N) is 4. The second-order valence-corrected chi connectivity index (χ2v) is 7.68. The summed E-state index contributed by atoms with van der Waals surface area (Å²) in [5.41, 5.74) is 2.18. The van der Waals surface area contributed by atoms with Gasteiger partial charge in [-0.1, -0.05) is 37.3 Å². The van der Waals surface area contributed by atoms with E-state index in [1.54, 1.807) is 0 Å². The highest BCUT2D eigenvalue weighted by Crippen LogP contribution is 2.16. The van der Waals surface area contributed by atoms with Crippen molar-refractivity contribution >= 4 is 5.96 Å². The van der Waals surface area contributed by atoms with Crippen LogP contribution in [0.1, 0.15) is 19.7 Å². The average molecular weight is 399 g/mol. The second kappa shape index (κ2) is 11.0. The number of imidazole rings is 1. The number of H-pyrrole nitrogens is 1. The Labute approximate surface area is 174 Å². The molecule has 2 aromatic rings. The van der Waals surface area contributed by atoms with Crippen molar-refractivity contribution in [3.05, 3.63) is 42.4 Å². The SMILES string of the molecule is CCNC(=NCC(C)CN1CCOCC1)N(C)Cc1ncc(-c2ccccc2)[nH]1. The predicted molar refractivity (Wildman–Crippen MR) is 118 cm³/mol. The van der Waals surface area contributed by atoms with Gasteiger partial charge in [-0.25, -0.2) is 4.98 Å². The summed E-state index contributed by atoms with van der Waals surface area (Å²) in [6, 6.07) is 10.3. The van der Waals surface area contributed by atoms with Crippen LogP contribution in [0.4, 0.5) is 0 Å². The third-order valence-electron chi connectivity index (χ3n) is 5.02. The van der Waals surface area contributed by atoms with Gasteiger partial charge >= 0.3 is 0 Å². The van der Waals surface area contributed by atoms with Crippen molar-refractivity contribution in [2.75, 3.05) is 53.0 Å². The monoisotopic (exact) mass is 398 g/mol. The molecule has 1 aromatic carbocycles. The van der Waals surface area contributed by atoms with Crippen molar-refractivity contribution < 1.29 is 4.74 Å². The van der Waals surface area contributed by atoms with E-state index in [4.69, 9.17) is 9.73 Å². The molecule has 2 N–H and O–H groups in total. The van der Waals surface area contributed by atoms with Crippen LogP contribution in [0, 0.1) is 5.92 Å². The van der Waals surface area contributed by atoms with Crippen molar-refractivity contribution in [1.29, 1.82) is 0 Å². The van der Waals surface area contributed by atoms with Crippen LogP contribution in [0.25, 0.3) is 11.3 Å². The lowest BCUT2D eigenvalue weighted by atomic mass is 10.1. The first-order chi connectivity index (χ1) is 14.2. The zero-order valence-electron chi connectivity index (χ0n) is 17.9. The van der Waals surface area contributed by atoms with Crippen molar-refractivity contribution in [3.8, 4) is 11.3 Å². The van der Waals surface area contributed by atoms with Gasteiger partial charge in [0.25, 0.3) is 0 Å². The Morgan fingerprint density at radius 1 is 1.31 bits per heavy atom. The van der Waals surface area contributed by atoms with Gasteiger partial charge in [-0.05, 0) is 18.4 Å². The lowest BCUT2D eigenvalue weighted by Gasteiger charge is -2.29. The van der Waals surface area contributed by atoms with E-state index in [9.17, 15) is 0 Å². The Morgan fingerprint density at radius 3 is 2.79 bits per heavy atom. The molecule has 7 heteroatoms. The normalized spacial score (nSPS) is 16.6. The fourth-order valence-electron chi connectivity index (χ4n) is 3.50. The zero-order chi connectivity index (χ0) is 20.5. The molecule has 1 atom stereocenters. The Bertz CT molecular complexity index is 754. The number of benzene rings is 1. The van der Waals surface area contributed by atoms with Gasteiger partial charge in [0.15, 0.2) is 5.96 Å². The van der Waals surface area contributed by atoms with Crippen molar-refractivity contribution in [1.82, 2.24) is 25.1 Å². The highest BCUT2D eigenvalue weighted by Gasteiger charge is 2.15. The summed E-state index contributed by atoms with van der Waals surface area (Å²) < 4.78 is 5.43. The summed E-state index contributed by atoms with van der Waals surface area (Å²) in [6.45, 7) is 11.5. The molecule has 1 aliphatic rings. The van der Waals surface area contributed by atoms with Crippen LogP contribution in [0.15, 0.2) is 41.5 Å². The van der Waals surface area contributed by atoms with E-state index in [-0.39, 0.29) is 0 Å². The number of aliphatic imine (C=N–C) groups is 1. The molecule has 0 spiro atoms. The Balaban J connectivity index is 1.56. The summed E-state index contributed by atoms with van der Waals surface area (Å²) in [5, 5.41) is 3.40. The van der Waals surface area contributed by atoms with Crippen LogP contribution in [0.2, 0.25) is 0 Å². The van der Waals surface area contributed by atoms with E-state index in [1.807, 2.05) is 24.4 Å².